The molecule has 0 aliphatic carbocycles. The SMILES string of the molecule is CC(C)[C@H](N)C(=O)O.O=S1(=O)C=Cc2ccccc21. The minimum Gasteiger partial charge on any atom is -0.480 e. The van der Waals surface area contributed by atoms with Gasteiger partial charge in [0, 0.05) is 5.41 Å². The Morgan fingerprint density at radius 3 is 2.26 bits per heavy atom. The van der Waals surface area contributed by atoms with Crippen LogP contribution in [0.3, 0.4) is 0 Å². The smallest absolute Gasteiger partial charge is 0.320 e. The Kier molecular flexibility index (Phi) is 4.85. The molecule has 6 heteroatoms. The van der Waals surface area contributed by atoms with Crippen molar-refractivity contribution in [3.8, 4) is 0 Å². The molecule has 0 radical (unpaired) electrons. The van der Waals surface area contributed by atoms with Gasteiger partial charge in [0.05, 0.1) is 4.90 Å². The standard InChI is InChI=1S/C8H6O2S.C5H11NO2/c9-11(10)6-5-7-3-1-2-4-8(7)11;1-3(2)4(6)5(7)8/h1-6H;3-4H,6H2,1-2H3,(H,7,8)/t;4-/m.0/s1. The van der Waals surface area contributed by atoms with Crippen molar-refractivity contribution in [1.29, 1.82) is 0 Å². The zero-order valence-corrected chi connectivity index (χ0v) is 11.6. The van der Waals surface area contributed by atoms with E-state index in [1.165, 1.54) is 5.41 Å². The van der Waals surface area contributed by atoms with E-state index in [-0.39, 0.29) is 5.92 Å². The first-order valence-corrected chi connectivity index (χ1v) is 7.31. The van der Waals surface area contributed by atoms with E-state index < -0.39 is 21.8 Å². The van der Waals surface area contributed by atoms with Crippen molar-refractivity contribution in [2.75, 3.05) is 0 Å². The first-order valence-electron chi connectivity index (χ1n) is 5.76. The van der Waals surface area contributed by atoms with Crippen LogP contribution < -0.4 is 5.73 Å². The van der Waals surface area contributed by atoms with E-state index >= 15 is 0 Å². The van der Waals surface area contributed by atoms with E-state index in [9.17, 15) is 13.2 Å². The van der Waals surface area contributed by atoms with Gasteiger partial charge in [-0.25, -0.2) is 8.42 Å². The Labute approximate surface area is 112 Å². The van der Waals surface area contributed by atoms with Crippen LogP contribution in [0.1, 0.15) is 19.4 Å². The van der Waals surface area contributed by atoms with E-state index in [1.54, 1.807) is 38.1 Å². The summed E-state index contributed by atoms with van der Waals surface area (Å²) in [5.74, 6) is -0.910. The molecule has 1 aliphatic rings. The van der Waals surface area contributed by atoms with Crippen LogP contribution in [0.15, 0.2) is 34.6 Å². The minimum absolute atomic E-state index is 0.0208. The van der Waals surface area contributed by atoms with Gasteiger partial charge in [-0.15, -0.1) is 0 Å². The van der Waals surface area contributed by atoms with Crippen LogP contribution in [0.4, 0.5) is 0 Å². The minimum atomic E-state index is -3.09. The lowest BCUT2D eigenvalue weighted by Gasteiger charge is -2.07. The highest BCUT2D eigenvalue weighted by Crippen LogP contribution is 2.25. The molecule has 1 heterocycles. The van der Waals surface area contributed by atoms with E-state index in [0.717, 1.165) is 5.56 Å². The number of carbonyl (C=O) groups is 1. The summed E-state index contributed by atoms with van der Waals surface area (Å²) in [5.41, 5.74) is 5.94. The van der Waals surface area contributed by atoms with E-state index in [1.807, 2.05) is 6.07 Å². The molecule has 0 saturated carbocycles. The van der Waals surface area contributed by atoms with E-state index in [2.05, 4.69) is 0 Å². The van der Waals surface area contributed by atoms with Gasteiger partial charge < -0.3 is 10.8 Å². The first kappa shape index (κ1) is 15.4. The first-order chi connectivity index (χ1) is 8.75. The fourth-order valence-corrected chi connectivity index (χ4v) is 2.60. The number of aliphatic carboxylic acids is 1. The fourth-order valence-electron chi connectivity index (χ4n) is 1.40. The van der Waals surface area contributed by atoms with E-state index in [0.29, 0.717) is 4.90 Å². The summed E-state index contributed by atoms with van der Waals surface area (Å²) in [4.78, 5) is 10.4. The van der Waals surface area contributed by atoms with Gasteiger partial charge in [0.25, 0.3) is 0 Å². The average Bonchev–Trinajstić information content (AvgIpc) is 2.66. The van der Waals surface area contributed by atoms with Gasteiger partial charge in [0.2, 0.25) is 0 Å². The molecule has 0 spiro atoms. The molecule has 1 atom stereocenters. The monoisotopic (exact) mass is 283 g/mol. The molecular formula is C13H17NO4S. The maximum absolute atomic E-state index is 11.2. The summed E-state index contributed by atoms with van der Waals surface area (Å²) in [6, 6.07) is 6.24. The molecule has 0 saturated heterocycles. The second-order valence-electron chi connectivity index (χ2n) is 4.49. The predicted octanol–water partition coefficient (Wildman–Crippen LogP) is 1.50. The number of carboxylic acids is 1. The third kappa shape index (κ3) is 3.90. The van der Waals surface area contributed by atoms with Gasteiger partial charge in [-0.3, -0.25) is 4.79 Å². The quantitative estimate of drug-likeness (QED) is 0.857. The molecule has 0 bridgehead atoms. The number of benzene rings is 1. The van der Waals surface area contributed by atoms with Gasteiger partial charge in [-0.05, 0) is 23.6 Å². The largest absolute Gasteiger partial charge is 0.480 e. The van der Waals surface area contributed by atoms with Crippen molar-refractivity contribution in [2.24, 2.45) is 11.7 Å². The van der Waals surface area contributed by atoms with Crippen molar-refractivity contribution in [1.82, 2.24) is 0 Å². The average molecular weight is 283 g/mol. The van der Waals surface area contributed by atoms with Gasteiger partial charge in [-0.1, -0.05) is 32.0 Å². The Hall–Kier alpha value is -1.66. The number of sulfone groups is 1. The number of carboxylic acid groups (broad SMARTS) is 1. The molecule has 5 nitrogen and oxygen atoms in total. The number of hydrogen-bond donors (Lipinski definition) is 2. The highest BCUT2D eigenvalue weighted by Gasteiger charge is 2.18. The summed E-state index contributed by atoms with van der Waals surface area (Å²) < 4.78 is 22.3. The lowest BCUT2D eigenvalue weighted by Crippen LogP contribution is -2.34. The van der Waals surface area contributed by atoms with Crippen LogP contribution in [-0.4, -0.2) is 25.5 Å². The number of rotatable bonds is 2. The van der Waals surface area contributed by atoms with Crippen LogP contribution in [-0.2, 0) is 14.6 Å². The molecule has 0 aromatic heterocycles. The topological polar surface area (TPSA) is 97.5 Å². The van der Waals surface area contributed by atoms with Crippen molar-refractivity contribution >= 4 is 21.9 Å². The molecule has 19 heavy (non-hydrogen) atoms. The summed E-state index contributed by atoms with van der Waals surface area (Å²) >= 11 is 0. The van der Waals surface area contributed by atoms with Crippen LogP contribution in [0.25, 0.3) is 6.08 Å². The highest BCUT2D eigenvalue weighted by atomic mass is 32.2. The van der Waals surface area contributed by atoms with Crippen molar-refractivity contribution < 1.29 is 18.3 Å². The highest BCUT2D eigenvalue weighted by molar-refractivity contribution is 7.94. The lowest BCUT2D eigenvalue weighted by atomic mass is 10.1. The molecule has 1 aliphatic heterocycles. The summed E-state index contributed by atoms with van der Waals surface area (Å²) in [5, 5.41) is 9.46. The van der Waals surface area contributed by atoms with Crippen LogP contribution >= 0.6 is 0 Å². The number of nitrogens with two attached hydrogens (primary N) is 1. The predicted molar refractivity (Wildman–Crippen MR) is 73.1 cm³/mol. The zero-order chi connectivity index (χ0) is 14.6. The van der Waals surface area contributed by atoms with Crippen molar-refractivity contribution in [2.45, 2.75) is 24.8 Å². The molecular weight excluding hydrogens is 266 g/mol. The molecule has 0 amide bonds. The Morgan fingerprint density at radius 1 is 1.26 bits per heavy atom. The van der Waals surface area contributed by atoms with Crippen LogP contribution in [0, 0.1) is 5.92 Å². The zero-order valence-electron chi connectivity index (χ0n) is 10.8. The molecule has 1 aromatic rings. The normalized spacial score (nSPS) is 16.4. The molecule has 1 aromatic carbocycles. The van der Waals surface area contributed by atoms with E-state index in [4.69, 9.17) is 10.8 Å². The Morgan fingerprint density at radius 2 is 1.84 bits per heavy atom. The van der Waals surface area contributed by atoms with Crippen molar-refractivity contribution in [3.63, 3.8) is 0 Å². The van der Waals surface area contributed by atoms with Gasteiger partial charge in [0.15, 0.2) is 9.84 Å². The fraction of sp³-hybridized carbons (Fsp3) is 0.308. The number of fused-ring (bicyclic) bond motifs is 1. The third-order valence-electron chi connectivity index (χ3n) is 2.66. The summed E-state index contributed by atoms with van der Waals surface area (Å²) in [6.45, 7) is 3.55. The number of hydrogen-bond acceptors (Lipinski definition) is 4. The second kappa shape index (κ2) is 5.99. The molecule has 3 N–H and O–H groups in total. The van der Waals surface area contributed by atoms with Crippen LogP contribution in [0.5, 0.6) is 0 Å². The molecule has 104 valence electrons. The molecule has 0 fully saturated rings. The van der Waals surface area contributed by atoms with Gasteiger partial charge in [0.1, 0.15) is 6.04 Å². The van der Waals surface area contributed by atoms with Crippen LogP contribution in [0.2, 0.25) is 0 Å². The van der Waals surface area contributed by atoms with Gasteiger partial charge in [-0.2, -0.15) is 0 Å². The third-order valence-corrected chi connectivity index (χ3v) is 4.13. The van der Waals surface area contributed by atoms with Gasteiger partial charge >= 0.3 is 5.97 Å². The summed E-state index contributed by atoms with van der Waals surface area (Å²) in [6.07, 6.45) is 1.62. The molecule has 0 unspecified atom stereocenters. The molecule has 2 rings (SSSR count). The second-order valence-corrected chi connectivity index (χ2v) is 6.30. The lowest BCUT2D eigenvalue weighted by molar-refractivity contribution is -0.139. The summed E-state index contributed by atoms with van der Waals surface area (Å²) in [7, 11) is -3.09. The maximum Gasteiger partial charge on any atom is 0.320 e. The van der Waals surface area contributed by atoms with Crippen molar-refractivity contribution in [3.05, 3.63) is 35.2 Å². The Bertz CT molecular complexity index is 590. The Balaban J connectivity index is 0.000000203. The maximum atomic E-state index is 11.2.